The minimum absolute atomic E-state index is 0. The zero-order valence-corrected chi connectivity index (χ0v) is 37.0. The van der Waals surface area contributed by atoms with E-state index in [2.05, 4.69) is 89.6 Å². The van der Waals surface area contributed by atoms with Crippen LogP contribution in [0.5, 0.6) is 0 Å². The Hall–Kier alpha value is -1.01. The molecule has 0 N–H and O–H groups in total. The summed E-state index contributed by atoms with van der Waals surface area (Å²) in [5.41, 5.74) is 11.7. The molecule has 0 amide bonds. The summed E-state index contributed by atoms with van der Waals surface area (Å²) in [6.45, 7) is 18.0. The third-order valence-corrected chi connectivity index (χ3v) is 7.38. The number of benzene rings is 2. The van der Waals surface area contributed by atoms with Crippen LogP contribution in [0.1, 0.15) is 124 Å². The second kappa shape index (κ2) is 24.2. The van der Waals surface area contributed by atoms with Crippen molar-refractivity contribution in [3.63, 3.8) is 0 Å². The minimum atomic E-state index is 0. The molecule has 0 aliphatic rings. The Labute approximate surface area is 344 Å². The van der Waals surface area contributed by atoms with Gasteiger partial charge in [0.25, 0.3) is 0 Å². The zero-order valence-electron chi connectivity index (χ0n) is 28.2. The second-order valence-corrected chi connectivity index (χ2v) is 12.1. The molecule has 0 saturated carbocycles. The number of rotatable bonds is 10. The number of halogens is 4. The molecule has 0 atom stereocenters. The van der Waals surface area contributed by atoms with Crippen molar-refractivity contribution in [3.05, 3.63) is 118 Å². The van der Waals surface area contributed by atoms with Gasteiger partial charge >= 0.3 is 0 Å². The predicted octanol–water partition coefficient (Wildman–Crippen LogP) is 12.4. The first-order valence-corrected chi connectivity index (χ1v) is 14.9. The van der Waals surface area contributed by atoms with Crippen LogP contribution < -0.4 is 0 Å². The van der Waals surface area contributed by atoms with Gasteiger partial charge in [-0.1, -0.05) is 91.8 Å². The van der Waals surface area contributed by atoms with E-state index >= 15 is 0 Å². The zero-order chi connectivity index (χ0) is 29.5. The molecule has 4 rings (SSSR count). The van der Waals surface area contributed by atoms with Crippen molar-refractivity contribution in [2.24, 2.45) is 9.98 Å². The summed E-state index contributed by atoms with van der Waals surface area (Å²) in [5, 5.41) is 0. The van der Waals surface area contributed by atoms with Crippen molar-refractivity contribution in [2.75, 3.05) is 0 Å². The van der Waals surface area contributed by atoms with Crippen LogP contribution >= 0.6 is 67.9 Å². The normalized spacial score (nSPS) is 10.6. The molecule has 0 unspecified atom stereocenters. The SMILES string of the molecule is Br.Br.Br.Br.CC(C)c1cc(Cc2cc(C(C)C)c(N=Cc3ccccn3)c(C(C)C)c2)cc(C(C)C)c1N=Cc1ccccn1.[Ni].[Ni]. The van der Waals surface area contributed by atoms with Gasteiger partial charge in [-0.3, -0.25) is 20.0 Å². The van der Waals surface area contributed by atoms with E-state index in [0.29, 0.717) is 23.7 Å². The summed E-state index contributed by atoms with van der Waals surface area (Å²) >= 11 is 0. The van der Waals surface area contributed by atoms with Gasteiger partial charge in [-0.2, -0.15) is 0 Å². The maximum absolute atomic E-state index is 4.99. The summed E-state index contributed by atoms with van der Waals surface area (Å²) in [6.07, 6.45) is 8.27. The van der Waals surface area contributed by atoms with Gasteiger partial charge in [0.15, 0.2) is 0 Å². The van der Waals surface area contributed by atoms with Gasteiger partial charge < -0.3 is 0 Å². The van der Waals surface area contributed by atoms with Gasteiger partial charge in [-0.15, -0.1) is 67.9 Å². The molecule has 2 aromatic heterocycles. The minimum Gasteiger partial charge on any atom is -0.255 e. The van der Waals surface area contributed by atoms with Crippen molar-refractivity contribution in [2.45, 2.75) is 85.5 Å². The standard InChI is InChI=1S/C37H44N4.4BrH.2Ni/c1-24(2)32-18-28(19-33(25(3)4)36(32)40-22-30-13-9-11-15-38-30)17-29-20-34(26(5)6)37(35(21-29)27(7)8)41-23-31-14-10-12-16-39-31;;;;;;/h9-16,18-27H,17H2,1-8H3;4*1H;;. The second-order valence-electron chi connectivity index (χ2n) is 12.1. The smallest absolute Gasteiger partial charge is 0.0812 e. The molecule has 0 bridgehead atoms. The summed E-state index contributed by atoms with van der Waals surface area (Å²) < 4.78 is 0. The van der Waals surface area contributed by atoms with Crippen LogP contribution in [0.2, 0.25) is 0 Å². The Kier molecular flexibility index (Phi) is 25.9. The molecular weight excluding hydrogens is 937 g/mol. The molecule has 264 valence electrons. The fourth-order valence-electron chi connectivity index (χ4n) is 5.15. The van der Waals surface area contributed by atoms with Gasteiger partial charge in [-0.25, -0.2) is 0 Å². The van der Waals surface area contributed by atoms with E-state index < -0.39 is 0 Å². The Balaban J connectivity index is -0.00000323. The summed E-state index contributed by atoms with van der Waals surface area (Å²) in [7, 11) is 0. The molecule has 0 aliphatic heterocycles. The number of hydrogen-bond donors (Lipinski definition) is 0. The van der Waals surface area contributed by atoms with Crippen LogP contribution in [0.3, 0.4) is 0 Å². The van der Waals surface area contributed by atoms with E-state index in [4.69, 9.17) is 9.98 Å². The molecule has 0 saturated heterocycles. The summed E-state index contributed by atoms with van der Waals surface area (Å²) in [4.78, 5) is 18.9. The molecule has 2 heterocycles. The van der Waals surface area contributed by atoms with Crippen molar-refractivity contribution < 1.29 is 33.0 Å². The number of nitrogens with zero attached hydrogens (tertiary/aromatic N) is 4. The molecule has 4 nitrogen and oxygen atoms in total. The van der Waals surface area contributed by atoms with E-state index in [1.807, 2.05) is 61.2 Å². The van der Waals surface area contributed by atoms with Crippen LogP contribution in [0.15, 0.2) is 83.0 Å². The third-order valence-electron chi connectivity index (χ3n) is 7.38. The van der Waals surface area contributed by atoms with Gasteiger partial charge in [0.2, 0.25) is 0 Å². The van der Waals surface area contributed by atoms with Crippen molar-refractivity contribution in [3.8, 4) is 0 Å². The topological polar surface area (TPSA) is 50.5 Å². The third kappa shape index (κ3) is 14.0. The molecule has 47 heavy (non-hydrogen) atoms. The Morgan fingerprint density at radius 1 is 0.511 bits per heavy atom. The largest absolute Gasteiger partial charge is 0.255 e. The molecular formula is C37H48Br4N4Ni2. The number of pyridine rings is 2. The molecule has 0 radical (unpaired) electrons. The quantitative estimate of drug-likeness (QED) is 0.117. The number of hydrogen-bond acceptors (Lipinski definition) is 4. The predicted molar refractivity (Wildman–Crippen MR) is 216 cm³/mol. The molecule has 10 heteroatoms. The average Bonchev–Trinajstić information content (AvgIpc) is 2.95. The maximum atomic E-state index is 4.99. The number of aromatic nitrogens is 2. The maximum Gasteiger partial charge on any atom is 0.0812 e. The van der Waals surface area contributed by atoms with Gasteiger partial charge in [0.1, 0.15) is 0 Å². The van der Waals surface area contributed by atoms with Crippen molar-refractivity contribution in [1.29, 1.82) is 0 Å². The van der Waals surface area contributed by atoms with E-state index in [0.717, 1.165) is 29.2 Å². The van der Waals surface area contributed by atoms with E-state index in [1.165, 1.54) is 33.4 Å². The van der Waals surface area contributed by atoms with Crippen molar-refractivity contribution in [1.82, 2.24) is 9.97 Å². The first kappa shape index (κ1) is 50.4. The van der Waals surface area contributed by atoms with E-state index in [1.54, 1.807) is 0 Å². The monoisotopic (exact) mass is 980 g/mol. The van der Waals surface area contributed by atoms with Gasteiger partial charge in [0, 0.05) is 45.4 Å². The molecule has 0 fully saturated rings. The molecule has 2 aromatic carbocycles. The fraction of sp³-hybridized carbons (Fsp3) is 0.351. The van der Waals surface area contributed by atoms with Crippen LogP contribution in [0.25, 0.3) is 0 Å². The molecule has 0 spiro atoms. The number of aliphatic imine (C=N–C) groups is 2. The Morgan fingerprint density at radius 2 is 0.809 bits per heavy atom. The first-order chi connectivity index (χ1) is 19.6. The van der Waals surface area contributed by atoms with Crippen LogP contribution in [0.4, 0.5) is 11.4 Å². The molecule has 0 aliphatic carbocycles. The first-order valence-electron chi connectivity index (χ1n) is 14.9. The average molecular weight is 986 g/mol. The molecule has 4 aromatic rings. The summed E-state index contributed by atoms with van der Waals surface area (Å²) in [6, 6.07) is 21.3. The van der Waals surface area contributed by atoms with E-state index in [9.17, 15) is 0 Å². The fourth-order valence-corrected chi connectivity index (χ4v) is 5.15. The van der Waals surface area contributed by atoms with Gasteiger partial charge in [0.05, 0.1) is 35.2 Å². The van der Waals surface area contributed by atoms with Crippen LogP contribution in [0, 0.1) is 0 Å². The van der Waals surface area contributed by atoms with Crippen molar-refractivity contribution >= 4 is 91.7 Å². The van der Waals surface area contributed by atoms with E-state index in [-0.39, 0.29) is 101 Å². The van der Waals surface area contributed by atoms with Gasteiger partial charge in [-0.05, 0) is 87.7 Å². The Morgan fingerprint density at radius 3 is 1.04 bits per heavy atom. The summed E-state index contributed by atoms with van der Waals surface area (Å²) in [5.74, 6) is 1.40. The van der Waals surface area contributed by atoms with Crippen LogP contribution in [-0.4, -0.2) is 22.4 Å². The van der Waals surface area contributed by atoms with Crippen LogP contribution in [-0.2, 0) is 39.4 Å². The Bertz CT molecular complexity index is 1360.